The quantitative estimate of drug-likeness (QED) is 0.435. The van der Waals surface area contributed by atoms with Gasteiger partial charge in [0.25, 0.3) is 0 Å². The van der Waals surface area contributed by atoms with Gasteiger partial charge in [-0.15, -0.1) is 0 Å². The summed E-state index contributed by atoms with van der Waals surface area (Å²) in [4.78, 5) is 23.5. The van der Waals surface area contributed by atoms with Gasteiger partial charge in [-0.25, -0.2) is 0 Å². The van der Waals surface area contributed by atoms with Gasteiger partial charge in [-0.1, -0.05) is 6.92 Å². The zero-order valence-electron chi connectivity index (χ0n) is 12.2. The Morgan fingerprint density at radius 3 is 2.15 bits per heavy atom. The highest BCUT2D eigenvalue weighted by Crippen LogP contribution is 2.30. The van der Waals surface area contributed by atoms with Crippen LogP contribution in [0.3, 0.4) is 0 Å². The number of hydrogen-bond acceptors (Lipinski definition) is 6. The summed E-state index contributed by atoms with van der Waals surface area (Å²) in [5, 5.41) is 9.29. The molecule has 1 aliphatic rings. The SMILES string of the molecule is CCOCOC(=O)C1CCC(C(=O)OC(O)CC)CC1. The molecule has 1 unspecified atom stereocenters. The molecule has 6 nitrogen and oxygen atoms in total. The minimum absolute atomic E-state index is 0.0139. The summed E-state index contributed by atoms with van der Waals surface area (Å²) < 4.78 is 14.8. The third-order valence-electron chi connectivity index (χ3n) is 3.48. The third-order valence-corrected chi connectivity index (χ3v) is 3.48. The first kappa shape index (κ1) is 16.9. The van der Waals surface area contributed by atoms with Crippen LogP contribution < -0.4 is 0 Å². The second-order valence-electron chi connectivity index (χ2n) is 4.92. The number of rotatable bonds is 7. The van der Waals surface area contributed by atoms with E-state index in [1.165, 1.54) is 0 Å². The maximum Gasteiger partial charge on any atom is 0.311 e. The lowest BCUT2D eigenvalue weighted by Gasteiger charge is -2.26. The molecule has 1 atom stereocenters. The van der Waals surface area contributed by atoms with E-state index in [0.29, 0.717) is 38.7 Å². The van der Waals surface area contributed by atoms with Crippen molar-refractivity contribution in [2.75, 3.05) is 13.4 Å². The van der Waals surface area contributed by atoms with Crippen molar-refractivity contribution in [2.45, 2.75) is 52.2 Å². The van der Waals surface area contributed by atoms with Gasteiger partial charge in [-0.3, -0.25) is 9.59 Å². The van der Waals surface area contributed by atoms with Crippen LogP contribution in [0.5, 0.6) is 0 Å². The van der Waals surface area contributed by atoms with Gasteiger partial charge in [0.15, 0.2) is 13.1 Å². The van der Waals surface area contributed by atoms with E-state index in [1.54, 1.807) is 6.92 Å². The molecule has 1 saturated carbocycles. The number of esters is 2. The fourth-order valence-electron chi connectivity index (χ4n) is 2.18. The van der Waals surface area contributed by atoms with E-state index >= 15 is 0 Å². The molecule has 116 valence electrons. The van der Waals surface area contributed by atoms with E-state index < -0.39 is 6.29 Å². The van der Waals surface area contributed by atoms with Gasteiger partial charge >= 0.3 is 11.9 Å². The van der Waals surface area contributed by atoms with Crippen molar-refractivity contribution < 1.29 is 28.9 Å². The molecule has 20 heavy (non-hydrogen) atoms. The predicted octanol–water partition coefficient (Wildman–Crippen LogP) is 1.60. The van der Waals surface area contributed by atoms with Crippen LogP contribution in [0.25, 0.3) is 0 Å². The predicted molar refractivity (Wildman–Crippen MR) is 70.4 cm³/mol. The van der Waals surface area contributed by atoms with Crippen LogP contribution in [0.4, 0.5) is 0 Å². The van der Waals surface area contributed by atoms with Gasteiger partial charge in [0, 0.05) is 13.0 Å². The molecule has 1 aliphatic carbocycles. The Labute approximate surface area is 119 Å². The molecule has 0 radical (unpaired) electrons. The zero-order valence-corrected chi connectivity index (χ0v) is 12.2. The van der Waals surface area contributed by atoms with Gasteiger partial charge in [0.2, 0.25) is 0 Å². The van der Waals surface area contributed by atoms with E-state index in [9.17, 15) is 14.7 Å². The molecular weight excluding hydrogens is 264 g/mol. The van der Waals surface area contributed by atoms with Crippen LogP contribution in [-0.2, 0) is 23.8 Å². The summed E-state index contributed by atoms with van der Waals surface area (Å²) in [6.45, 7) is 4.06. The fourth-order valence-corrected chi connectivity index (χ4v) is 2.18. The maximum absolute atomic E-state index is 11.7. The van der Waals surface area contributed by atoms with E-state index in [2.05, 4.69) is 0 Å². The molecule has 1 fully saturated rings. The standard InChI is InChI=1S/C14H24O6/c1-3-12(15)20-14(17)11-7-5-10(6-8-11)13(16)19-9-18-4-2/h10-12,15H,3-9H2,1-2H3. The number of hydrogen-bond donors (Lipinski definition) is 1. The molecule has 1 rings (SSSR count). The molecule has 0 amide bonds. The molecule has 0 spiro atoms. The summed E-state index contributed by atoms with van der Waals surface area (Å²) in [6, 6.07) is 0. The largest absolute Gasteiger partial charge is 0.438 e. The molecule has 0 aliphatic heterocycles. The van der Waals surface area contributed by atoms with Crippen molar-refractivity contribution in [3.8, 4) is 0 Å². The lowest BCUT2D eigenvalue weighted by molar-refractivity contribution is -0.176. The minimum atomic E-state index is -1.03. The Morgan fingerprint density at radius 1 is 1.10 bits per heavy atom. The van der Waals surface area contributed by atoms with Crippen LogP contribution >= 0.6 is 0 Å². The minimum Gasteiger partial charge on any atom is -0.438 e. The molecule has 6 heteroatoms. The maximum atomic E-state index is 11.7. The van der Waals surface area contributed by atoms with Gasteiger partial charge in [-0.2, -0.15) is 0 Å². The van der Waals surface area contributed by atoms with Crippen LogP contribution in [0.2, 0.25) is 0 Å². The van der Waals surface area contributed by atoms with Crippen LogP contribution in [0.15, 0.2) is 0 Å². The first-order valence-corrected chi connectivity index (χ1v) is 7.21. The summed E-state index contributed by atoms with van der Waals surface area (Å²) in [5.74, 6) is -1.04. The van der Waals surface area contributed by atoms with Crippen LogP contribution in [-0.4, -0.2) is 36.7 Å². The van der Waals surface area contributed by atoms with Crippen LogP contribution in [0, 0.1) is 11.8 Å². The van der Waals surface area contributed by atoms with Crippen molar-refractivity contribution in [3.63, 3.8) is 0 Å². The van der Waals surface area contributed by atoms with E-state index in [-0.39, 0.29) is 30.6 Å². The smallest absolute Gasteiger partial charge is 0.311 e. The van der Waals surface area contributed by atoms with Gasteiger partial charge in [0.05, 0.1) is 11.8 Å². The normalized spacial score (nSPS) is 23.9. The highest BCUT2D eigenvalue weighted by atomic mass is 16.7. The summed E-state index contributed by atoms with van der Waals surface area (Å²) in [7, 11) is 0. The monoisotopic (exact) mass is 288 g/mol. The molecule has 0 aromatic heterocycles. The average molecular weight is 288 g/mol. The van der Waals surface area contributed by atoms with E-state index in [0.717, 1.165) is 0 Å². The first-order valence-electron chi connectivity index (χ1n) is 7.21. The first-order chi connectivity index (χ1) is 9.58. The number of carbonyl (C=O) groups excluding carboxylic acids is 2. The third kappa shape index (κ3) is 5.46. The Kier molecular flexibility index (Phi) is 7.54. The Bertz CT molecular complexity index is 309. The molecule has 0 saturated heterocycles. The number of aliphatic hydroxyl groups excluding tert-OH is 1. The fraction of sp³-hybridized carbons (Fsp3) is 0.857. The average Bonchev–Trinajstić information content (AvgIpc) is 2.47. The van der Waals surface area contributed by atoms with Gasteiger partial charge in [0.1, 0.15) is 0 Å². The van der Waals surface area contributed by atoms with E-state index in [1.807, 2.05) is 6.92 Å². The summed E-state index contributed by atoms with van der Waals surface area (Å²) in [6.07, 6.45) is 1.73. The Hall–Kier alpha value is -1.14. The molecule has 0 aromatic rings. The van der Waals surface area contributed by atoms with Crippen molar-refractivity contribution >= 4 is 11.9 Å². The van der Waals surface area contributed by atoms with Crippen molar-refractivity contribution in [3.05, 3.63) is 0 Å². The molecular formula is C14H24O6. The topological polar surface area (TPSA) is 82.1 Å². The van der Waals surface area contributed by atoms with Crippen molar-refractivity contribution in [1.82, 2.24) is 0 Å². The molecule has 1 N–H and O–H groups in total. The number of ether oxygens (including phenoxy) is 3. The molecule has 0 aromatic carbocycles. The second kappa shape index (κ2) is 8.92. The molecule has 0 bridgehead atoms. The highest BCUT2D eigenvalue weighted by molar-refractivity contribution is 5.75. The van der Waals surface area contributed by atoms with Crippen LogP contribution in [0.1, 0.15) is 46.0 Å². The van der Waals surface area contributed by atoms with Crippen molar-refractivity contribution in [1.29, 1.82) is 0 Å². The Morgan fingerprint density at radius 2 is 1.65 bits per heavy atom. The van der Waals surface area contributed by atoms with Gasteiger partial charge < -0.3 is 19.3 Å². The van der Waals surface area contributed by atoms with Gasteiger partial charge in [-0.05, 0) is 32.6 Å². The number of carbonyl (C=O) groups is 2. The zero-order chi connectivity index (χ0) is 15.0. The lowest BCUT2D eigenvalue weighted by atomic mass is 9.82. The van der Waals surface area contributed by atoms with Crippen molar-refractivity contribution in [2.24, 2.45) is 11.8 Å². The summed E-state index contributed by atoms with van der Waals surface area (Å²) >= 11 is 0. The second-order valence-corrected chi connectivity index (χ2v) is 4.92. The molecule has 0 heterocycles. The number of aliphatic hydroxyl groups is 1. The van der Waals surface area contributed by atoms with E-state index in [4.69, 9.17) is 14.2 Å². The lowest BCUT2D eigenvalue weighted by Crippen LogP contribution is -2.30. The Balaban J connectivity index is 2.28. The highest BCUT2D eigenvalue weighted by Gasteiger charge is 2.32. The summed E-state index contributed by atoms with van der Waals surface area (Å²) in [5.41, 5.74) is 0.